The van der Waals surface area contributed by atoms with Crippen LogP contribution >= 0.6 is 0 Å². The molecule has 4 rings (SSSR count). The Hall–Kier alpha value is -1.81. The number of amidine groups is 1. The van der Waals surface area contributed by atoms with Crippen molar-refractivity contribution in [2.45, 2.75) is 32.0 Å². The maximum atomic E-state index is 12.7. The zero-order valence-corrected chi connectivity index (χ0v) is 15.2. The minimum atomic E-state index is -4.22. The van der Waals surface area contributed by atoms with Gasteiger partial charge in [-0.3, -0.25) is 15.1 Å². The number of amides is 2. The summed E-state index contributed by atoms with van der Waals surface area (Å²) in [5.41, 5.74) is 0. The van der Waals surface area contributed by atoms with Gasteiger partial charge in [0.05, 0.1) is 6.54 Å². The molecule has 4 aliphatic heterocycles. The Bertz CT molecular complexity index is 659. The molecule has 4 aliphatic rings. The predicted octanol–water partition coefficient (Wildman–Crippen LogP) is 1.79. The van der Waals surface area contributed by atoms with Crippen molar-refractivity contribution in [1.82, 2.24) is 20.0 Å². The highest BCUT2D eigenvalue weighted by Crippen LogP contribution is 2.31. The first-order chi connectivity index (χ1) is 12.8. The molecular formula is C17H24F3N5O2. The Kier molecular flexibility index (Phi) is 4.79. The van der Waals surface area contributed by atoms with E-state index in [-0.39, 0.29) is 24.4 Å². The summed E-state index contributed by atoms with van der Waals surface area (Å²) in [7, 11) is 0. The number of aliphatic imine (C=N–C) groups is 1. The van der Waals surface area contributed by atoms with Gasteiger partial charge in [-0.05, 0) is 18.8 Å². The first kappa shape index (κ1) is 18.5. The summed E-state index contributed by atoms with van der Waals surface area (Å²) in [5.74, 6) is 0.832. The van der Waals surface area contributed by atoms with Gasteiger partial charge in [-0.2, -0.15) is 13.2 Å². The molecule has 2 fully saturated rings. The van der Waals surface area contributed by atoms with Gasteiger partial charge in [-0.1, -0.05) is 6.92 Å². The second-order valence-corrected chi connectivity index (χ2v) is 7.73. The van der Waals surface area contributed by atoms with Crippen LogP contribution in [0.1, 0.15) is 19.8 Å². The molecule has 0 spiro atoms. The maximum Gasteiger partial charge on any atom is 0.401 e. The molecule has 0 bridgehead atoms. The summed E-state index contributed by atoms with van der Waals surface area (Å²) in [4.78, 5) is 22.2. The predicted molar refractivity (Wildman–Crippen MR) is 91.6 cm³/mol. The molecule has 0 aromatic heterocycles. The van der Waals surface area contributed by atoms with Crippen LogP contribution in [0.2, 0.25) is 0 Å². The summed E-state index contributed by atoms with van der Waals surface area (Å²) in [6.07, 6.45) is -0.521. The molecule has 0 saturated carbocycles. The molecule has 150 valence electrons. The molecule has 2 amide bonds. The van der Waals surface area contributed by atoms with Gasteiger partial charge >= 0.3 is 12.2 Å². The van der Waals surface area contributed by atoms with E-state index in [9.17, 15) is 18.0 Å². The van der Waals surface area contributed by atoms with Gasteiger partial charge in [0.2, 0.25) is 0 Å². The van der Waals surface area contributed by atoms with Crippen molar-refractivity contribution in [3.63, 3.8) is 0 Å². The van der Waals surface area contributed by atoms with E-state index in [0.29, 0.717) is 44.1 Å². The van der Waals surface area contributed by atoms with Crippen LogP contribution in [0.4, 0.5) is 18.0 Å². The van der Waals surface area contributed by atoms with E-state index in [2.05, 4.69) is 15.2 Å². The first-order valence-electron chi connectivity index (χ1n) is 9.31. The van der Waals surface area contributed by atoms with Crippen LogP contribution in [0.25, 0.3) is 0 Å². The number of ether oxygens (including phenoxy) is 1. The van der Waals surface area contributed by atoms with Gasteiger partial charge in [-0.25, -0.2) is 9.79 Å². The lowest BCUT2D eigenvalue weighted by atomic mass is 9.96. The number of carbonyl (C=O) groups excluding carboxylic acids is 1. The number of nitrogens with zero attached hydrogens (tertiary/aromatic N) is 4. The van der Waals surface area contributed by atoms with Gasteiger partial charge < -0.3 is 9.64 Å². The van der Waals surface area contributed by atoms with E-state index in [1.165, 1.54) is 4.90 Å². The summed E-state index contributed by atoms with van der Waals surface area (Å²) in [6, 6.07) is 0.0539. The Morgan fingerprint density at radius 2 is 2.04 bits per heavy atom. The van der Waals surface area contributed by atoms with Crippen LogP contribution in [-0.2, 0) is 4.74 Å². The number of likely N-dealkylation sites (tertiary alicyclic amines) is 1. The zero-order valence-electron chi connectivity index (χ0n) is 15.2. The Balaban J connectivity index is 1.48. The fourth-order valence-corrected chi connectivity index (χ4v) is 4.30. The molecule has 0 aromatic carbocycles. The highest BCUT2D eigenvalue weighted by atomic mass is 19.4. The second kappa shape index (κ2) is 6.97. The molecule has 0 radical (unpaired) electrons. The van der Waals surface area contributed by atoms with E-state index >= 15 is 0 Å². The number of hydrogen-bond donors (Lipinski definition) is 1. The van der Waals surface area contributed by atoms with Crippen molar-refractivity contribution in [3.8, 4) is 0 Å². The number of alkyl halides is 3. The number of halogens is 3. The normalized spacial score (nSPS) is 30.3. The zero-order chi connectivity index (χ0) is 19.2. The third-order valence-corrected chi connectivity index (χ3v) is 5.68. The summed E-state index contributed by atoms with van der Waals surface area (Å²) in [5, 5.41) is 2.80. The number of carbonyl (C=O) groups is 1. The standard InChI is InChI=1S/C17H24F3N5O2/c1-11-6-23(9-17(18,19)20)7-13(11)15-21-14-8-24(10-25(14)16(26)22-15)12-2-4-27-5-3-12/h8,11-13H,2-7,9-10H2,1H3,(H,21,22,26). The van der Waals surface area contributed by atoms with Crippen LogP contribution in [-0.4, -0.2) is 78.3 Å². The summed E-state index contributed by atoms with van der Waals surface area (Å²) < 4.78 is 43.5. The number of hydrogen-bond acceptors (Lipinski definition) is 5. The molecule has 10 heteroatoms. The lowest BCUT2D eigenvalue weighted by molar-refractivity contribution is -0.143. The van der Waals surface area contributed by atoms with Crippen LogP contribution in [0.3, 0.4) is 0 Å². The van der Waals surface area contributed by atoms with Gasteiger partial charge in [0, 0.05) is 44.5 Å². The number of fused-ring (bicyclic) bond motifs is 1. The molecule has 7 nitrogen and oxygen atoms in total. The molecule has 2 atom stereocenters. The van der Waals surface area contributed by atoms with E-state index < -0.39 is 12.7 Å². The van der Waals surface area contributed by atoms with Crippen LogP contribution in [0, 0.1) is 11.8 Å². The smallest absolute Gasteiger partial charge is 0.381 e. The van der Waals surface area contributed by atoms with Crippen LogP contribution in [0.15, 0.2) is 17.0 Å². The third-order valence-electron chi connectivity index (χ3n) is 5.68. The van der Waals surface area contributed by atoms with Crippen LogP contribution < -0.4 is 5.32 Å². The first-order valence-corrected chi connectivity index (χ1v) is 9.31. The highest BCUT2D eigenvalue weighted by molar-refractivity contribution is 6.02. The number of urea groups is 1. The second-order valence-electron chi connectivity index (χ2n) is 7.73. The van der Waals surface area contributed by atoms with E-state index in [1.54, 1.807) is 4.90 Å². The maximum absolute atomic E-state index is 12.7. The van der Waals surface area contributed by atoms with Gasteiger partial charge in [0.25, 0.3) is 0 Å². The summed E-state index contributed by atoms with van der Waals surface area (Å²) in [6.45, 7) is 3.43. The minimum Gasteiger partial charge on any atom is -0.381 e. The minimum absolute atomic E-state index is 0.00782. The van der Waals surface area contributed by atoms with Gasteiger partial charge in [-0.15, -0.1) is 0 Å². The molecule has 4 heterocycles. The Morgan fingerprint density at radius 1 is 1.30 bits per heavy atom. The Labute approximate surface area is 155 Å². The third kappa shape index (κ3) is 3.91. The fourth-order valence-electron chi connectivity index (χ4n) is 4.30. The fraction of sp³-hybridized carbons (Fsp3) is 0.765. The SMILES string of the molecule is CC1CN(CC(F)(F)F)CC1C1=NC2=CN(C3CCOCC3)CN2C(=O)N1. The quantitative estimate of drug-likeness (QED) is 0.802. The van der Waals surface area contributed by atoms with Crippen molar-refractivity contribution < 1.29 is 22.7 Å². The molecule has 2 unspecified atom stereocenters. The Morgan fingerprint density at radius 3 is 2.74 bits per heavy atom. The molecule has 27 heavy (non-hydrogen) atoms. The van der Waals surface area contributed by atoms with Crippen LogP contribution in [0.5, 0.6) is 0 Å². The van der Waals surface area contributed by atoms with Crippen molar-refractivity contribution in [2.24, 2.45) is 16.8 Å². The number of rotatable bonds is 3. The average Bonchev–Trinajstić information content (AvgIpc) is 3.18. The van der Waals surface area contributed by atoms with E-state index in [4.69, 9.17) is 4.74 Å². The van der Waals surface area contributed by atoms with E-state index in [1.807, 2.05) is 13.1 Å². The summed E-state index contributed by atoms with van der Waals surface area (Å²) >= 11 is 0. The largest absolute Gasteiger partial charge is 0.401 e. The number of nitrogens with one attached hydrogen (secondary N) is 1. The van der Waals surface area contributed by atoms with E-state index in [0.717, 1.165) is 12.8 Å². The lowest BCUT2D eigenvalue weighted by Crippen LogP contribution is -2.50. The van der Waals surface area contributed by atoms with Crippen molar-refractivity contribution >= 4 is 11.9 Å². The topological polar surface area (TPSA) is 60.4 Å². The monoisotopic (exact) mass is 387 g/mol. The molecule has 0 aromatic rings. The van der Waals surface area contributed by atoms with Crippen molar-refractivity contribution in [2.75, 3.05) is 39.5 Å². The van der Waals surface area contributed by atoms with Crippen molar-refractivity contribution in [1.29, 1.82) is 0 Å². The molecule has 1 N–H and O–H groups in total. The van der Waals surface area contributed by atoms with Gasteiger partial charge in [0.1, 0.15) is 12.5 Å². The van der Waals surface area contributed by atoms with Crippen molar-refractivity contribution in [3.05, 3.63) is 12.0 Å². The molecule has 0 aliphatic carbocycles. The molecular weight excluding hydrogens is 363 g/mol. The highest BCUT2D eigenvalue weighted by Gasteiger charge is 2.42. The lowest BCUT2D eigenvalue weighted by Gasteiger charge is -2.32. The average molecular weight is 387 g/mol. The van der Waals surface area contributed by atoms with Gasteiger partial charge in [0.15, 0.2) is 5.82 Å². The molecule has 2 saturated heterocycles.